The summed E-state index contributed by atoms with van der Waals surface area (Å²) in [4.78, 5) is 30.6. The van der Waals surface area contributed by atoms with Gasteiger partial charge in [0.2, 0.25) is 5.91 Å². The van der Waals surface area contributed by atoms with Gasteiger partial charge in [0, 0.05) is 67.6 Å². The molecule has 218 valence electrons. The molecule has 1 aliphatic carbocycles. The second-order valence-electron chi connectivity index (χ2n) is 11.4. The molecule has 0 atom stereocenters. The number of hydrogen-bond acceptors (Lipinski definition) is 6. The Hall–Kier alpha value is -4.07. The lowest BCUT2D eigenvalue weighted by Crippen LogP contribution is -2.55. The molecular weight excluding hydrogens is 514 g/mol. The third kappa shape index (κ3) is 7.37. The SMILES string of the molecule is C=CC(=C1/OCC/C1=C(/C)NCc1cccc(C(=O)NC2CC3(CCN(C(C)=O)CC3)C2)c1)/C(C)=C/C=NC(=C)N. The van der Waals surface area contributed by atoms with Crippen LogP contribution < -0.4 is 16.4 Å². The zero-order valence-corrected chi connectivity index (χ0v) is 24.6. The Morgan fingerprint density at radius 1 is 1.22 bits per heavy atom. The lowest BCUT2D eigenvalue weighted by molar-refractivity contribution is -0.132. The number of rotatable bonds is 9. The summed E-state index contributed by atoms with van der Waals surface area (Å²) in [7, 11) is 0. The molecule has 41 heavy (non-hydrogen) atoms. The van der Waals surface area contributed by atoms with Crippen molar-refractivity contribution in [2.45, 2.75) is 65.5 Å². The molecule has 2 aliphatic heterocycles. The van der Waals surface area contributed by atoms with Crippen molar-refractivity contribution in [3.05, 3.63) is 94.7 Å². The van der Waals surface area contributed by atoms with E-state index in [-0.39, 0.29) is 29.1 Å². The lowest BCUT2D eigenvalue weighted by atomic mass is 9.60. The maximum absolute atomic E-state index is 13.0. The van der Waals surface area contributed by atoms with Crippen LogP contribution in [0.1, 0.15) is 68.8 Å². The summed E-state index contributed by atoms with van der Waals surface area (Å²) in [6, 6.07) is 7.97. The average Bonchev–Trinajstić information content (AvgIpc) is 3.41. The molecule has 0 unspecified atom stereocenters. The summed E-state index contributed by atoms with van der Waals surface area (Å²) >= 11 is 0. The fourth-order valence-electron chi connectivity index (χ4n) is 6.05. The zero-order chi connectivity index (χ0) is 29.6. The van der Waals surface area contributed by atoms with Gasteiger partial charge in [0.1, 0.15) is 11.6 Å². The van der Waals surface area contributed by atoms with Crippen molar-refractivity contribution < 1.29 is 14.3 Å². The van der Waals surface area contributed by atoms with Gasteiger partial charge in [-0.3, -0.25) is 9.59 Å². The number of nitrogens with two attached hydrogens (primary N) is 1. The molecule has 4 rings (SSSR count). The van der Waals surface area contributed by atoms with E-state index in [1.54, 1.807) is 19.2 Å². The molecule has 1 aromatic carbocycles. The minimum atomic E-state index is -0.0306. The number of nitrogens with zero attached hydrogens (tertiary/aromatic N) is 2. The second kappa shape index (κ2) is 13.1. The molecule has 0 radical (unpaired) electrons. The topological polar surface area (TPSA) is 109 Å². The maximum Gasteiger partial charge on any atom is 0.251 e. The first kappa shape index (κ1) is 29.9. The van der Waals surface area contributed by atoms with Gasteiger partial charge in [0.15, 0.2) is 0 Å². The van der Waals surface area contributed by atoms with Crippen LogP contribution in [-0.4, -0.2) is 48.7 Å². The van der Waals surface area contributed by atoms with E-state index < -0.39 is 0 Å². The number of benzene rings is 1. The molecule has 8 nitrogen and oxygen atoms in total. The van der Waals surface area contributed by atoms with Gasteiger partial charge in [0.25, 0.3) is 5.91 Å². The van der Waals surface area contributed by atoms with Crippen molar-refractivity contribution >= 4 is 18.0 Å². The number of ether oxygens (including phenoxy) is 1. The summed E-state index contributed by atoms with van der Waals surface area (Å²) in [6.07, 6.45) is 10.1. The Labute approximate surface area is 243 Å². The van der Waals surface area contributed by atoms with Crippen LogP contribution in [-0.2, 0) is 16.1 Å². The zero-order valence-electron chi connectivity index (χ0n) is 24.6. The Morgan fingerprint density at radius 3 is 2.61 bits per heavy atom. The van der Waals surface area contributed by atoms with E-state index in [4.69, 9.17) is 10.5 Å². The standard InChI is InChI=1S/C33H43N5O3/c1-6-29(22(2)10-14-35-24(4)34)31-30(11-17-41-31)23(3)36-21-26-8-7-9-27(18-26)32(40)37-28-19-33(20-28)12-15-38(16-13-33)25(5)39/h6-10,14,18,28,36H,1,4,11-13,15-17,19-21,34H2,2-3,5H3,(H,37,40)/b22-10+,30-23+,31-29-,35-14?. The predicted octanol–water partition coefficient (Wildman–Crippen LogP) is 4.88. The maximum atomic E-state index is 13.0. The van der Waals surface area contributed by atoms with Crippen molar-refractivity contribution in [2.75, 3.05) is 19.7 Å². The summed E-state index contributed by atoms with van der Waals surface area (Å²) < 4.78 is 6.01. The summed E-state index contributed by atoms with van der Waals surface area (Å²) in [5.41, 5.74) is 11.5. The highest BCUT2D eigenvalue weighted by molar-refractivity contribution is 5.94. The monoisotopic (exact) mass is 557 g/mol. The Balaban J connectivity index is 1.35. The summed E-state index contributed by atoms with van der Waals surface area (Å²) in [5.74, 6) is 1.19. The first-order chi connectivity index (χ1) is 19.6. The van der Waals surface area contributed by atoms with Crippen LogP contribution in [0.5, 0.6) is 0 Å². The molecule has 8 heteroatoms. The van der Waals surface area contributed by atoms with Crippen LogP contribution >= 0.6 is 0 Å². The largest absolute Gasteiger partial charge is 0.492 e. The van der Waals surface area contributed by atoms with Crippen LogP contribution in [0, 0.1) is 5.41 Å². The fraction of sp³-hybridized carbons (Fsp3) is 0.424. The highest BCUT2D eigenvalue weighted by Gasteiger charge is 2.46. The van der Waals surface area contributed by atoms with E-state index in [1.807, 2.05) is 49.1 Å². The van der Waals surface area contributed by atoms with Crippen LogP contribution in [0.15, 0.2) is 88.6 Å². The molecule has 1 spiro atoms. The van der Waals surface area contributed by atoms with Crippen LogP contribution in [0.25, 0.3) is 0 Å². The smallest absolute Gasteiger partial charge is 0.251 e. The Kier molecular flexibility index (Phi) is 9.53. The van der Waals surface area contributed by atoms with Gasteiger partial charge in [-0.05, 0) is 74.3 Å². The van der Waals surface area contributed by atoms with Crippen molar-refractivity contribution in [1.82, 2.24) is 15.5 Å². The van der Waals surface area contributed by atoms with Crippen molar-refractivity contribution in [2.24, 2.45) is 16.1 Å². The van der Waals surface area contributed by atoms with E-state index in [1.165, 1.54) is 0 Å². The van der Waals surface area contributed by atoms with Crippen molar-refractivity contribution in [1.29, 1.82) is 0 Å². The number of amides is 2. The minimum Gasteiger partial charge on any atom is -0.492 e. The molecule has 3 aliphatic rings. The molecule has 2 amide bonds. The number of nitrogens with one attached hydrogen (secondary N) is 2. The second-order valence-corrected chi connectivity index (χ2v) is 11.4. The molecule has 1 saturated carbocycles. The molecular formula is C33H43N5O3. The number of carbonyl (C=O) groups is 2. The lowest BCUT2D eigenvalue weighted by Gasteiger charge is -2.52. The summed E-state index contributed by atoms with van der Waals surface area (Å²) in [5, 5.41) is 6.75. The van der Waals surface area contributed by atoms with Crippen molar-refractivity contribution in [3.63, 3.8) is 0 Å². The molecule has 3 fully saturated rings. The van der Waals surface area contributed by atoms with Gasteiger partial charge in [-0.15, -0.1) is 0 Å². The van der Waals surface area contributed by atoms with Crippen LogP contribution in [0.4, 0.5) is 0 Å². The van der Waals surface area contributed by atoms with Gasteiger partial charge in [-0.25, -0.2) is 4.99 Å². The molecule has 1 aromatic rings. The predicted molar refractivity (Wildman–Crippen MR) is 164 cm³/mol. The highest BCUT2D eigenvalue weighted by atomic mass is 16.5. The van der Waals surface area contributed by atoms with E-state index in [2.05, 4.69) is 28.8 Å². The molecule has 2 heterocycles. The number of likely N-dealkylation sites (tertiary alicyclic amines) is 1. The highest BCUT2D eigenvalue weighted by Crippen LogP contribution is 2.49. The molecule has 0 aromatic heterocycles. The molecule has 0 bridgehead atoms. The van der Waals surface area contributed by atoms with Gasteiger partial charge in [0.05, 0.1) is 6.61 Å². The number of carbonyl (C=O) groups excluding carboxylic acids is 2. The van der Waals surface area contributed by atoms with Gasteiger partial charge < -0.3 is 26.0 Å². The van der Waals surface area contributed by atoms with Crippen LogP contribution in [0.2, 0.25) is 0 Å². The first-order valence-electron chi connectivity index (χ1n) is 14.4. The number of allylic oxidation sites excluding steroid dienone is 6. The number of piperidine rings is 1. The quantitative estimate of drug-likeness (QED) is 0.375. The van der Waals surface area contributed by atoms with Crippen molar-refractivity contribution in [3.8, 4) is 0 Å². The first-order valence-corrected chi connectivity index (χ1v) is 14.4. The Bertz CT molecular complexity index is 1320. The third-order valence-corrected chi connectivity index (χ3v) is 8.47. The Morgan fingerprint density at radius 2 is 1.95 bits per heavy atom. The normalized spacial score (nSPS) is 21.2. The van der Waals surface area contributed by atoms with Crippen LogP contribution in [0.3, 0.4) is 0 Å². The van der Waals surface area contributed by atoms with E-state index in [0.717, 1.165) is 78.9 Å². The van der Waals surface area contributed by atoms with Gasteiger partial charge in [-0.1, -0.05) is 31.4 Å². The van der Waals surface area contributed by atoms with Gasteiger partial charge in [-0.2, -0.15) is 0 Å². The third-order valence-electron chi connectivity index (χ3n) is 8.47. The fourth-order valence-corrected chi connectivity index (χ4v) is 6.05. The minimum absolute atomic E-state index is 0.0306. The average molecular weight is 558 g/mol. The number of aliphatic imine (C=N–C) groups is 1. The molecule has 2 saturated heterocycles. The number of hydrogen-bond donors (Lipinski definition) is 3. The molecule has 4 N–H and O–H groups in total. The van der Waals surface area contributed by atoms with E-state index >= 15 is 0 Å². The van der Waals surface area contributed by atoms with Gasteiger partial charge >= 0.3 is 0 Å². The van der Waals surface area contributed by atoms with E-state index in [9.17, 15) is 9.59 Å². The van der Waals surface area contributed by atoms with E-state index in [0.29, 0.717) is 18.7 Å². The summed E-state index contributed by atoms with van der Waals surface area (Å²) in [6.45, 7) is 16.1.